The van der Waals surface area contributed by atoms with Crippen LogP contribution in [0.15, 0.2) is 0 Å². The van der Waals surface area contributed by atoms with Gasteiger partial charge in [0, 0.05) is 19.1 Å². The van der Waals surface area contributed by atoms with Crippen LogP contribution in [-0.2, 0) is 4.79 Å². The first-order chi connectivity index (χ1) is 9.00. The highest BCUT2D eigenvalue weighted by molar-refractivity contribution is 5.83. The van der Waals surface area contributed by atoms with Gasteiger partial charge in [0.05, 0.1) is 5.41 Å². The summed E-state index contributed by atoms with van der Waals surface area (Å²) in [6.07, 6.45) is 6.46. The van der Waals surface area contributed by atoms with E-state index in [-0.39, 0.29) is 11.5 Å². The zero-order valence-electron chi connectivity index (χ0n) is 13.2. The SMILES string of the molecule is CCCC(CN)(CCC)C(=O)N(CC1CC1)C(C)C. The van der Waals surface area contributed by atoms with Crippen LogP contribution in [0.1, 0.15) is 66.2 Å². The van der Waals surface area contributed by atoms with E-state index in [1.54, 1.807) is 0 Å². The highest BCUT2D eigenvalue weighted by Gasteiger charge is 2.40. The highest BCUT2D eigenvalue weighted by atomic mass is 16.2. The Balaban J connectivity index is 2.86. The van der Waals surface area contributed by atoms with Gasteiger partial charge in [-0.3, -0.25) is 4.79 Å². The number of hydrogen-bond donors (Lipinski definition) is 1. The number of carbonyl (C=O) groups excluding carboxylic acids is 1. The number of hydrogen-bond acceptors (Lipinski definition) is 2. The average molecular weight is 268 g/mol. The van der Waals surface area contributed by atoms with E-state index >= 15 is 0 Å². The van der Waals surface area contributed by atoms with E-state index in [1.165, 1.54) is 12.8 Å². The maximum Gasteiger partial charge on any atom is 0.230 e. The molecule has 0 saturated heterocycles. The van der Waals surface area contributed by atoms with Crippen LogP contribution >= 0.6 is 0 Å². The topological polar surface area (TPSA) is 46.3 Å². The van der Waals surface area contributed by atoms with Crippen molar-refractivity contribution in [3.05, 3.63) is 0 Å². The van der Waals surface area contributed by atoms with E-state index in [0.717, 1.165) is 38.1 Å². The van der Waals surface area contributed by atoms with Crippen molar-refractivity contribution in [2.75, 3.05) is 13.1 Å². The third kappa shape index (κ3) is 4.20. The molecule has 0 unspecified atom stereocenters. The summed E-state index contributed by atoms with van der Waals surface area (Å²) in [4.78, 5) is 15.1. The van der Waals surface area contributed by atoms with Crippen molar-refractivity contribution in [2.45, 2.75) is 72.3 Å². The van der Waals surface area contributed by atoms with Crippen molar-refractivity contribution in [2.24, 2.45) is 17.1 Å². The Kier molecular flexibility index (Phi) is 6.31. The van der Waals surface area contributed by atoms with Gasteiger partial charge in [0.15, 0.2) is 0 Å². The van der Waals surface area contributed by atoms with Gasteiger partial charge in [0.2, 0.25) is 5.91 Å². The molecular formula is C16H32N2O. The van der Waals surface area contributed by atoms with Gasteiger partial charge >= 0.3 is 0 Å². The fourth-order valence-electron chi connectivity index (χ4n) is 3.00. The summed E-state index contributed by atoms with van der Waals surface area (Å²) in [5.41, 5.74) is 5.70. The van der Waals surface area contributed by atoms with E-state index in [9.17, 15) is 4.79 Å². The predicted molar refractivity (Wildman–Crippen MR) is 80.9 cm³/mol. The number of carbonyl (C=O) groups is 1. The van der Waals surface area contributed by atoms with Crippen LogP contribution in [0.3, 0.4) is 0 Å². The van der Waals surface area contributed by atoms with E-state index in [4.69, 9.17) is 5.73 Å². The lowest BCUT2D eigenvalue weighted by atomic mass is 9.77. The zero-order chi connectivity index (χ0) is 14.5. The molecular weight excluding hydrogens is 236 g/mol. The van der Waals surface area contributed by atoms with Crippen LogP contribution in [0.2, 0.25) is 0 Å². The summed E-state index contributed by atoms with van der Waals surface area (Å²) in [7, 11) is 0. The van der Waals surface area contributed by atoms with Crippen molar-refractivity contribution < 1.29 is 4.79 Å². The van der Waals surface area contributed by atoms with Gasteiger partial charge in [0.25, 0.3) is 0 Å². The first-order valence-electron chi connectivity index (χ1n) is 8.01. The molecule has 1 saturated carbocycles. The number of rotatable bonds is 9. The normalized spacial score (nSPS) is 15.9. The summed E-state index contributed by atoms with van der Waals surface area (Å²) in [5, 5.41) is 0. The second-order valence-corrected chi connectivity index (χ2v) is 6.48. The Bertz CT molecular complexity index is 278. The summed E-state index contributed by atoms with van der Waals surface area (Å²) < 4.78 is 0. The predicted octanol–water partition coefficient (Wildman–Crippen LogP) is 3.18. The zero-order valence-corrected chi connectivity index (χ0v) is 13.2. The number of amides is 1. The van der Waals surface area contributed by atoms with Gasteiger partial charge in [-0.2, -0.15) is 0 Å². The lowest BCUT2D eigenvalue weighted by Gasteiger charge is -2.38. The molecule has 19 heavy (non-hydrogen) atoms. The van der Waals surface area contributed by atoms with Crippen LogP contribution in [0.4, 0.5) is 0 Å². The molecule has 1 amide bonds. The molecule has 0 bridgehead atoms. The molecule has 3 nitrogen and oxygen atoms in total. The molecule has 1 rings (SSSR count). The first kappa shape index (κ1) is 16.5. The molecule has 0 aromatic rings. The summed E-state index contributed by atoms with van der Waals surface area (Å²) in [6, 6.07) is 0.285. The van der Waals surface area contributed by atoms with E-state index in [0.29, 0.717) is 12.5 Å². The molecule has 2 N–H and O–H groups in total. The quantitative estimate of drug-likeness (QED) is 0.698. The second-order valence-electron chi connectivity index (χ2n) is 6.48. The number of nitrogens with two attached hydrogens (primary N) is 1. The van der Waals surface area contributed by atoms with E-state index in [1.807, 2.05) is 0 Å². The molecule has 0 aromatic heterocycles. The lowest BCUT2D eigenvalue weighted by molar-refractivity contribution is -0.144. The molecule has 0 atom stereocenters. The standard InChI is InChI=1S/C16H32N2O/c1-5-9-16(12-17,10-6-2)15(19)18(13(3)4)11-14-7-8-14/h13-14H,5-12,17H2,1-4H3. The molecule has 3 heteroatoms. The Labute approximate surface area is 118 Å². The van der Waals surface area contributed by atoms with Crippen molar-refractivity contribution in [3.63, 3.8) is 0 Å². The minimum absolute atomic E-state index is 0.285. The summed E-state index contributed by atoms with van der Waals surface area (Å²) in [6.45, 7) is 9.97. The van der Waals surface area contributed by atoms with E-state index in [2.05, 4.69) is 32.6 Å². The summed E-state index contributed by atoms with van der Waals surface area (Å²) in [5.74, 6) is 1.05. The molecule has 1 fully saturated rings. The van der Waals surface area contributed by atoms with Gasteiger partial charge in [-0.15, -0.1) is 0 Å². The Morgan fingerprint density at radius 3 is 2.11 bits per heavy atom. The molecule has 0 aromatic carbocycles. The van der Waals surface area contributed by atoms with Crippen molar-refractivity contribution >= 4 is 5.91 Å². The molecule has 0 spiro atoms. The Morgan fingerprint density at radius 2 is 1.79 bits per heavy atom. The highest BCUT2D eigenvalue weighted by Crippen LogP contribution is 2.35. The monoisotopic (exact) mass is 268 g/mol. The van der Waals surface area contributed by atoms with Crippen molar-refractivity contribution in [1.29, 1.82) is 0 Å². The largest absolute Gasteiger partial charge is 0.339 e. The maximum absolute atomic E-state index is 13.0. The van der Waals surface area contributed by atoms with Crippen LogP contribution in [-0.4, -0.2) is 29.9 Å². The van der Waals surface area contributed by atoms with Crippen LogP contribution < -0.4 is 5.73 Å². The third-order valence-electron chi connectivity index (χ3n) is 4.34. The van der Waals surface area contributed by atoms with Gasteiger partial charge in [0.1, 0.15) is 0 Å². The molecule has 0 radical (unpaired) electrons. The van der Waals surface area contributed by atoms with E-state index < -0.39 is 0 Å². The van der Waals surface area contributed by atoms with Crippen molar-refractivity contribution in [3.8, 4) is 0 Å². The molecule has 0 aliphatic heterocycles. The Hall–Kier alpha value is -0.570. The van der Waals surface area contributed by atoms with Gasteiger partial charge in [-0.05, 0) is 45.4 Å². The Morgan fingerprint density at radius 1 is 1.26 bits per heavy atom. The molecule has 0 heterocycles. The number of nitrogens with zero attached hydrogens (tertiary/aromatic N) is 1. The van der Waals surface area contributed by atoms with Gasteiger partial charge in [-0.1, -0.05) is 26.7 Å². The second kappa shape index (κ2) is 7.28. The molecule has 1 aliphatic carbocycles. The smallest absolute Gasteiger partial charge is 0.230 e. The van der Waals surface area contributed by atoms with Gasteiger partial charge < -0.3 is 10.6 Å². The fraction of sp³-hybridized carbons (Fsp3) is 0.938. The minimum atomic E-state index is -0.317. The lowest BCUT2D eigenvalue weighted by Crippen LogP contribution is -2.51. The van der Waals surface area contributed by atoms with Crippen molar-refractivity contribution in [1.82, 2.24) is 4.90 Å². The van der Waals surface area contributed by atoms with Gasteiger partial charge in [-0.25, -0.2) is 0 Å². The average Bonchev–Trinajstić information content (AvgIpc) is 3.18. The molecule has 1 aliphatic rings. The van der Waals surface area contributed by atoms with Crippen LogP contribution in [0.25, 0.3) is 0 Å². The fourth-order valence-corrected chi connectivity index (χ4v) is 3.00. The third-order valence-corrected chi connectivity index (χ3v) is 4.34. The summed E-state index contributed by atoms with van der Waals surface area (Å²) >= 11 is 0. The molecule has 112 valence electrons. The van der Waals surface area contributed by atoms with Crippen LogP contribution in [0, 0.1) is 11.3 Å². The van der Waals surface area contributed by atoms with Crippen LogP contribution in [0.5, 0.6) is 0 Å². The minimum Gasteiger partial charge on any atom is -0.339 e. The first-order valence-corrected chi connectivity index (χ1v) is 8.01. The maximum atomic E-state index is 13.0.